The van der Waals surface area contributed by atoms with Gasteiger partial charge in [0.25, 0.3) is 0 Å². The lowest BCUT2D eigenvalue weighted by Crippen LogP contribution is -2.52. The Morgan fingerprint density at radius 2 is 1.38 bits per heavy atom. The van der Waals surface area contributed by atoms with Crippen molar-refractivity contribution in [2.24, 2.45) is 0 Å². The van der Waals surface area contributed by atoms with Crippen molar-refractivity contribution in [3.63, 3.8) is 0 Å². The first-order valence-electron chi connectivity index (χ1n) is 2.58. The van der Waals surface area contributed by atoms with Gasteiger partial charge in [0.2, 0.25) is 0 Å². The second kappa shape index (κ2) is 1.57. The third-order valence-corrected chi connectivity index (χ3v) is 5.04. The molecular weight excluding hydrogens is 128 g/mol. The summed E-state index contributed by atoms with van der Waals surface area (Å²) in [7, 11) is 2.24. The van der Waals surface area contributed by atoms with Gasteiger partial charge >= 0.3 is 0 Å². The molecule has 36 valence electrons. The van der Waals surface area contributed by atoms with Crippen LogP contribution in [-0.4, -0.2) is 18.1 Å². The second-order valence-electron chi connectivity index (χ2n) is 1.80. The molecule has 0 aromatic heterocycles. The molecular formula is C6H4Si2. The van der Waals surface area contributed by atoms with Gasteiger partial charge in [-0.05, 0) is 0 Å². The molecule has 2 rings (SSSR count). The average Bonchev–Trinajstić information content (AvgIpc) is 1.72. The van der Waals surface area contributed by atoms with Crippen molar-refractivity contribution in [1.29, 1.82) is 0 Å². The van der Waals surface area contributed by atoms with Gasteiger partial charge in [-0.15, -0.1) is 0 Å². The van der Waals surface area contributed by atoms with Gasteiger partial charge in [0.05, 0.1) is 18.1 Å². The minimum Gasteiger partial charge on any atom is -0.0689 e. The van der Waals surface area contributed by atoms with Gasteiger partial charge in [0.1, 0.15) is 0 Å². The van der Waals surface area contributed by atoms with E-state index in [-0.39, 0.29) is 0 Å². The minimum absolute atomic E-state index is 1.12. The summed E-state index contributed by atoms with van der Waals surface area (Å²) in [5, 5.41) is 3.18. The molecule has 0 saturated heterocycles. The molecule has 1 heterocycles. The monoisotopic (exact) mass is 132 g/mol. The fourth-order valence-electron chi connectivity index (χ4n) is 0.773. The molecule has 0 spiro atoms. The highest BCUT2D eigenvalue weighted by molar-refractivity contribution is 7.22. The Kier molecular flexibility index (Phi) is 0.886. The van der Waals surface area contributed by atoms with Crippen molar-refractivity contribution in [3.05, 3.63) is 24.3 Å². The molecule has 1 aromatic carbocycles. The predicted octanol–water partition coefficient (Wildman–Crippen LogP) is -0.726. The summed E-state index contributed by atoms with van der Waals surface area (Å²) in [6.07, 6.45) is 0. The third-order valence-electron chi connectivity index (χ3n) is 1.26. The highest BCUT2D eigenvalue weighted by Gasteiger charge is 2.11. The van der Waals surface area contributed by atoms with E-state index in [0.29, 0.717) is 0 Å². The SMILES string of the molecule is c1ccc2c(c1)[Si][Si]2. The lowest BCUT2D eigenvalue weighted by Gasteiger charge is -2.14. The van der Waals surface area contributed by atoms with Crippen molar-refractivity contribution in [3.8, 4) is 0 Å². The van der Waals surface area contributed by atoms with Gasteiger partial charge in [0, 0.05) is 0 Å². The van der Waals surface area contributed by atoms with Gasteiger partial charge in [-0.2, -0.15) is 0 Å². The zero-order valence-electron chi connectivity index (χ0n) is 4.31. The van der Waals surface area contributed by atoms with Crippen LogP contribution in [0.25, 0.3) is 0 Å². The van der Waals surface area contributed by atoms with Gasteiger partial charge in [-0.25, -0.2) is 0 Å². The maximum Gasteiger partial charge on any atom is 0.0709 e. The van der Waals surface area contributed by atoms with Crippen LogP contribution in [-0.2, 0) is 0 Å². The Hall–Kier alpha value is -0.346. The fraction of sp³-hybridized carbons (Fsp3) is 0. The standard InChI is InChI=1S/C6H4Si2/c1-2-4-6-5(3-1)7-8-6/h1-4H. The summed E-state index contributed by atoms with van der Waals surface area (Å²) >= 11 is 0. The number of benzene rings is 1. The normalized spacial score (nSPS) is 14.5. The molecule has 1 aromatic rings. The van der Waals surface area contributed by atoms with E-state index in [1.165, 1.54) is 0 Å². The van der Waals surface area contributed by atoms with Gasteiger partial charge in [0.15, 0.2) is 0 Å². The number of hydrogen-bond donors (Lipinski definition) is 0. The maximum absolute atomic E-state index is 2.23. The van der Waals surface area contributed by atoms with Crippen LogP contribution in [0.4, 0.5) is 0 Å². The topological polar surface area (TPSA) is 0 Å². The Labute approximate surface area is 53.4 Å². The van der Waals surface area contributed by atoms with E-state index >= 15 is 0 Å². The van der Waals surface area contributed by atoms with E-state index < -0.39 is 0 Å². The lowest BCUT2D eigenvalue weighted by atomic mass is 10.4. The van der Waals surface area contributed by atoms with E-state index in [4.69, 9.17) is 0 Å². The second-order valence-corrected chi connectivity index (χ2v) is 4.87. The van der Waals surface area contributed by atoms with Crippen molar-refractivity contribution in [1.82, 2.24) is 0 Å². The molecule has 0 saturated carbocycles. The highest BCUT2D eigenvalue weighted by Crippen LogP contribution is 1.84. The Balaban J connectivity index is 2.62. The predicted molar refractivity (Wildman–Crippen MR) is 37.2 cm³/mol. The summed E-state index contributed by atoms with van der Waals surface area (Å²) in [5.41, 5.74) is 0. The first-order valence-corrected chi connectivity index (χ1v) is 5.58. The van der Waals surface area contributed by atoms with Crippen LogP contribution in [0.1, 0.15) is 0 Å². The molecule has 0 atom stereocenters. The first kappa shape index (κ1) is 4.52. The molecule has 1 aliphatic heterocycles. The molecule has 2 heteroatoms. The van der Waals surface area contributed by atoms with E-state index in [2.05, 4.69) is 24.3 Å². The molecule has 1 aliphatic rings. The zero-order chi connectivity index (χ0) is 5.40. The van der Waals surface area contributed by atoms with Crippen LogP contribution >= 0.6 is 0 Å². The quantitative estimate of drug-likeness (QED) is 0.409. The van der Waals surface area contributed by atoms with Gasteiger partial charge in [-0.1, -0.05) is 34.6 Å². The largest absolute Gasteiger partial charge is 0.0709 e. The summed E-state index contributed by atoms with van der Waals surface area (Å²) < 4.78 is 0. The molecule has 0 N–H and O–H groups in total. The van der Waals surface area contributed by atoms with Crippen molar-refractivity contribution >= 4 is 28.4 Å². The average molecular weight is 132 g/mol. The molecule has 4 radical (unpaired) electrons. The Morgan fingerprint density at radius 1 is 0.875 bits per heavy atom. The fourth-order valence-corrected chi connectivity index (χ4v) is 3.45. The highest BCUT2D eigenvalue weighted by atomic mass is 29.1. The molecule has 0 nitrogen and oxygen atoms in total. The molecule has 0 unspecified atom stereocenters. The number of rotatable bonds is 0. The molecule has 0 aliphatic carbocycles. The van der Waals surface area contributed by atoms with Crippen molar-refractivity contribution in [2.45, 2.75) is 0 Å². The molecule has 8 heavy (non-hydrogen) atoms. The number of hydrogen-bond acceptors (Lipinski definition) is 0. The number of fused-ring (bicyclic) bond motifs is 1. The van der Waals surface area contributed by atoms with Crippen LogP contribution < -0.4 is 10.4 Å². The molecule has 0 amide bonds. The first-order chi connectivity index (χ1) is 3.97. The van der Waals surface area contributed by atoms with Crippen LogP contribution in [0.3, 0.4) is 0 Å². The zero-order valence-corrected chi connectivity index (χ0v) is 6.31. The smallest absolute Gasteiger partial charge is 0.0689 e. The third kappa shape index (κ3) is 0.500. The van der Waals surface area contributed by atoms with E-state index in [1.807, 2.05) is 0 Å². The summed E-state index contributed by atoms with van der Waals surface area (Å²) in [5.74, 6) is 0. The Morgan fingerprint density at radius 3 is 1.62 bits per heavy atom. The summed E-state index contributed by atoms with van der Waals surface area (Å²) in [6, 6.07) is 8.69. The van der Waals surface area contributed by atoms with Crippen molar-refractivity contribution < 1.29 is 0 Å². The molecule has 0 fully saturated rings. The molecule has 0 bridgehead atoms. The van der Waals surface area contributed by atoms with Crippen LogP contribution in [0, 0.1) is 0 Å². The lowest BCUT2D eigenvalue weighted by molar-refractivity contribution is 1.81. The summed E-state index contributed by atoms with van der Waals surface area (Å²) in [4.78, 5) is 0. The van der Waals surface area contributed by atoms with Crippen LogP contribution in [0.2, 0.25) is 0 Å². The van der Waals surface area contributed by atoms with Gasteiger partial charge in [-0.3, -0.25) is 0 Å². The van der Waals surface area contributed by atoms with Crippen LogP contribution in [0.15, 0.2) is 24.3 Å². The van der Waals surface area contributed by atoms with E-state index in [1.54, 1.807) is 10.4 Å². The maximum atomic E-state index is 2.23. The van der Waals surface area contributed by atoms with Crippen LogP contribution in [0.5, 0.6) is 0 Å². The van der Waals surface area contributed by atoms with E-state index in [9.17, 15) is 0 Å². The summed E-state index contributed by atoms with van der Waals surface area (Å²) in [6.45, 7) is 0. The van der Waals surface area contributed by atoms with Crippen molar-refractivity contribution in [2.75, 3.05) is 0 Å². The Bertz CT molecular complexity index is 184. The van der Waals surface area contributed by atoms with E-state index in [0.717, 1.165) is 18.1 Å². The van der Waals surface area contributed by atoms with Gasteiger partial charge < -0.3 is 0 Å². The minimum atomic E-state index is 1.12.